The van der Waals surface area contributed by atoms with Crippen LogP contribution in [0.1, 0.15) is 39.1 Å². The van der Waals surface area contributed by atoms with Crippen molar-refractivity contribution in [2.24, 2.45) is 5.73 Å². The van der Waals surface area contributed by atoms with E-state index < -0.39 is 48.7 Å². The lowest BCUT2D eigenvalue weighted by atomic mass is 10.0. The van der Waals surface area contributed by atoms with Crippen molar-refractivity contribution in [3.05, 3.63) is 34.9 Å². The molecule has 1 aromatic rings. The van der Waals surface area contributed by atoms with Crippen LogP contribution in [0.2, 0.25) is 0 Å². The molecule has 0 spiro atoms. The van der Waals surface area contributed by atoms with Gasteiger partial charge in [-0.2, -0.15) is 0 Å². The molecule has 0 radical (unpaired) electrons. The molecule has 1 saturated heterocycles. The summed E-state index contributed by atoms with van der Waals surface area (Å²) in [4.78, 5) is 49.3. The van der Waals surface area contributed by atoms with Crippen molar-refractivity contribution >= 4 is 23.6 Å². The number of nitrogens with two attached hydrogens (primary N) is 1. The van der Waals surface area contributed by atoms with Gasteiger partial charge >= 0.3 is 0 Å². The number of hydrogen-bond acceptors (Lipinski definition) is 6. The van der Waals surface area contributed by atoms with Gasteiger partial charge in [-0.15, -0.1) is 0 Å². The van der Waals surface area contributed by atoms with Crippen LogP contribution < -0.4 is 16.4 Å². The molecular weight excluding hydrogens is 362 g/mol. The summed E-state index contributed by atoms with van der Waals surface area (Å²) in [6.07, 6.45) is 0.104. The first-order valence-corrected chi connectivity index (χ1v) is 8.36. The topological polar surface area (TPSA) is 122 Å². The van der Waals surface area contributed by atoms with Crippen LogP contribution in [0.4, 0.5) is 8.78 Å². The Morgan fingerprint density at radius 1 is 1.19 bits per heavy atom. The van der Waals surface area contributed by atoms with Crippen LogP contribution in [-0.2, 0) is 16.1 Å². The number of piperidine rings is 1. The number of carbonyl (C=O) groups excluding carboxylic acids is 4. The minimum absolute atomic E-state index is 0.0360. The summed E-state index contributed by atoms with van der Waals surface area (Å²) in [5.74, 6) is -5.43. The van der Waals surface area contributed by atoms with E-state index in [0.717, 1.165) is 4.90 Å². The summed E-state index contributed by atoms with van der Waals surface area (Å²) in [5.41, 5.74) is 5.75. The number of fused-ring (bicyclic) bond motifs is 1. The third kappa shape index (κ3) is 3.71. The van der Waals surface area contributed by atoms with Crippen LogP contribution in [0.5, 0.6) is 0 Å². The van der Waals surface area contributed by atoms with Gasteiger partial charge in [-0.05, 0) is 24.1 Å². The fraction of sp³-hybridized carbons (Fsp3) is 0.412. The second-order valence-corrected chi connectivity index (χ2v) is 6.49. The van der Waals surface area contributed by atoms with E-state index >= 15 is 0 Å². The molecule has 3 rings (SSSR count). The molecule has 8 nitrogen and oxygen atoms in total. The number of nitrogens with one attached hydrogen (secondary N) is 2. The van der Waals surface area contributed by atoms with Gasteiger partial charge in [0.15, 0.2) is 0 Å². The van der Waals surface area contributed by atoms with E-state index in [-0.39, 0.29) is 30.5 Å². The summed E-state index contributed by atoms with van der Waals surface area (Å²) in [6.45, 7) is -1.34. The van der Waals surface area contributed by atoms with Gasteiger partial charge in [0.1, 0.15) is 6.04 Å². The molecule has 1 fully saturated rings. The first-order chi connectivity index (χ1) is 12.7. The van der Waals surface area contributed by atoms with E-state index in [4.69, 9.17) is 5.73 Å². The summed E-state index contributed by atoms with van der Waals surface area (Å²) in [6, 6.07) is 3.38. The second kappa shape index (κ2) is 7.12. The average Bonchev–Trinajstić information content (AvgIpc) is 2.86. The van der Waals surface area contributed by atoms with Crippen molar-refractivity contribution in [3.8, 4) is 0 Å². The zero-order valence-electron chi connectivity index (χ0n) is 14.3. The van der Waals surface area contributed by atoms with E-state index in [0.29, 0.717) is 5.56 Å². The van der Waals surface area contributed by atoms with E-state index in [2.05, 4.69) is 10.6 Å². The number of alkyl halides is 2. The third-order valence-corrected chi connectivity index (χ3v) is 4.52. The molecule has 2 heterocycles. The van der Waals surface area contributed by atoms with Gasteiger partial charge in [-0.3, -0.25) is 29.4 Å². The molecule has 1 unspecified atom stereocenters. The summed E-state index contributed by atoms with van der Waals surface area (Å²) >= 11 is 0. The van der Waals surface area contributed by atoms with E-state index in [1.165, 1.54) is 12.1 Å². The Hall–Kier alpha value is -2.72. The molecule has 2 aliphatic heterocycles. The Labute approximate surface area is 153 Å². The molecule has 4 amide bonds. The number of rotatable bonds is 6. The number of carbonyl (C=O) groups is 4. The van der Waals surface area contributed by atoms with Crippen LogP contribution in [-0.4, -0.2) is 53.6 Å². The highest BCUT2D eigenvalue weighted by Gasteiger charge is 2.44. The lowest BCUT2D eigenvalue weighted by Crippen LogP contribution is -2.54. The van der Waals surface area contributed by atoms with Gasteiger partial charge < -0.3 is 11.1 Å². The second-order valence-electron chi connectivity index (χ2n) is 6.49. The molecule has 1 aromatic carbocycles. The van der Waals surface area contributed by atoms with Crippen molar-refractivity contribution in [3.63, 3.8) is 0 Å². The Morgan fingerprint density at radius 3 is 2.56 bits per heavy atom. The Kier molecular flexibility index (Phi) is 5.03. The Bertz CT molecular complexity index is 827. The maximum absolute atomic E-state index is 13.2. The molecule has 10 heteroatoms. The van der Waals surface area contributed by atoms with E-state index in [1.54, 1.807) is 6.07 Å². The third-order valence-electron chi connectivity index (χ3n) is 4.52. The zero-order valence-corrected chi connectivity index (χ0v) is 14.3. The molecular formula is C17H18F2N4O4. The number of amides is 4. The number of hydrogen-bond donors (Lipinski definition) is 3. The van der Waals surface area contributed by atoms with Crippen molar-refractivity contribution < 1.29 is 28.0 Å². The van der Waals surface area contributed by atoms with Crippen molar-refractivity contribution in [1.29, 1.82) is 0 Å². The van der Waals surface area contributed by atoms with Crippen LogP contribution in [0, 0.1) is 0 Å². The fourth-order valence-electron chi connectivity index (χ4n) is 3.09. The molecule has 27 heavy (non-hydrogen) atoms. The van der Waals surface area contributed by atoms with Crippen LogP contribution in [0.15, 0.2) is 18.2 Å². The van der Waals surface area contributed by atoms with Gasteiger partial charge in [-0.25, -0.2) is 8.78 Å². The largest absolute Gasteiger partial charge is 0.325 e. The fourth-order valence-corrected chi connectivity index (χ4v) is 3.09. The molecule has 1 atom stereocenters. The number of nitrogens with zero attached hydrogens (tertiary/aromatic N) is 1. The van der Waals surface area contributed by atoms with E-state index in [9.17, 15) is 28.0 Å². The summed E-state index contributed by atoms with van der Waals surface area (Å²) in [7, 11) is 0. The minimum atomic E-state index is -3.04. The van der Waals surface area contributed by atoms with Crippen LogP contribution >= 0.6 is 0 Å². The lowest BCUT2D eigenvalue weighted by Gasteiger charge is -2.27. The number of imide groups is 2. The Balaban J connectivity index is 1.75. The van der Waals surface area contributed by atoms with E-state index in [1.807, 2.05) is 0 Å². The monoisotopic (exact) mass is 380 g/mol. The van der Waals surface area contributed by atoms with Gasteiger partial charge in [0.05, 0.1) is 24.2 Å². The first kappa shape index (κ1) is 19.1. The molecule has 144 valence electrons. The highest BCUT2D eigenvalue weighted by Crippen LogP contribution is 2.28. The molecule has 0 saturated carbocycles. The van der Waals surface area contributed by atoms with Crippen LogP contribution in [0.3, 0.4) is 0 Å². The molecule has 2 aliphatic rings. The summed E-state index contributed by atoms with van der Waals surface area (Å²) in [5, 5.41) is 4.67. The predicted molar refractivity (Wildman–Crippen MR) is 88.8 cm³/mol. The highest BCUT2D eigenvalue weighted by molar-refractivity contribution is 6.23. The number of halogens is 2. The van der Waals surface area contributed by atoms with Crippen molar-refractivity contribution in [2.45, 2.75) is 31.4 Å². The number of benzene rings is 1. The predicted octanol–water partition coefficient (Wildman–Crippen LogP) is -0.229. The van der Waals surface area contributed by atoms with Crippen molar-refractivity contribution in [1.82, 2.24) is 15.5 Å². The van der Waals surface area contributed by atoms with Gasteiger partial charge in [0.25, 0.3) is 17.7 Å². The quantitative estimate of drug-likeness (QED) is 0.586. The maximum Gasteiger partial charge on any atom is 0.272 e. The normalized spacial score (nSPS) is 20.1. The zero-order chi connectivity index (χ0) is 19.8. The van der Waals surface area contributed by atoms with Crippen LogP contribution in [0.25, 0.3) is 0 Å². The first-order valence-electron chi connectivity index (χ1n) is 8.36. The SMILES string of the molecule is NCC(F)(F)CNCc1ccc2c(c1)C(=O)N(C1CCC(=O)NC1=O)C2=O. The highest BCUT2D eigenvalue weighted by atomic mass is 19.3. The smallest absolute Gasteiger partial charge is 0.272 e. The van der Waals surface area contributed by atoms with Gasteiger partial charge in [0, 0.05) is 13.0 Å². The summed E-state index contributed by atoms with van der Waals surface area (Å²) < 4.78 is 26.3. The average molecular weight is 380 g/mol. The molecule has 0 bridgehead atoms. The van der Waals surface area contributed by atoms with Gasteiger partial charge in [0.2, 0.25) is 11.8 Å². The maximum atomic E-state index is 13.2. The molecule has 4 N–H and O–H groups in total. The standard InChI is InChI=1S/C17H18F2N4O4/c18-17(19,7-20)8-21-6-9-1-2-10-11(5-9)16(27)23(15(10)26)12-3-4-13(24)22-14(12)25/h1-2,5,12,21H,3-4,6-8,20H2,(H,22,24,25). The lowest BCUT2D eigenvalue weighted by molar-refractivity contribution is -0.136. The molecule has 0 aromatic heterocycles. The van der Waals surface area contributed by atoms with Crippen molar-refractivity contribution in [2.75, 3.05) is 13.1 Å². The van der Waals surface area contributed by atoms with Gasteiger partial charge in [-0.1, -0.05) is 6.07 Å². The minimum Gasteiger partial charge on any atom is -0.325 e. The Morgan fingerprint density at radius 2 is 1.89 bits per heavy atom. The molecule has 0 aliphatic carbocycles.